The molecule has 48 valence electrons. The highest BCUT2D eigenvalue weighted by molar-refractivity contribution is 8.02. The van der Waals surface area contributed by atoms with Gasteiger partial charge in [-0.2, -0.15) is 0 Å². The van der Waals surface area contributed by atoms with Crippen LogP contribution in [0.15, 0.2) is 35.0 Å². The van der Waals surface area contributed by atoms with Crippen LogP contribution in [0.1, 0.15) is 0 Å². The molecule has 1 nitrogen and oxygen atoms in total. The van der Waals surface area contributed by atoms with Crippen molar-refractivity contribution >= 4 is 11.8 Å². The Bertz CT molecular complexity index is 175. The summed E-state index contributed by atoms with van der Waals surface area (Å²) in [5, 5.41) is 9.49. The topological polar surface area (TPSA) is 20.2 Å². The molecule has 0 unspecified atom stereocenters. The van der Waals surface area contributed by atoms with Gasteiger partial charge in [-0.25, -0.2) is 0 Å². The second-order valence-electron chi connectivity index (χ2n) is 1.68. The van der Waals surface area contributed by atoms with Crippen LogP contribution in [-0.2, 0) is 0 Å². The zero-order valence-electron chi connectivity index (χ0n) is 5.16. The van der Waals surface area contributed by atoms with Gasteiger partial charge in [0, 0.05) is 5.57 Å². The first kappa shape index (κ1) is 6.49. The van der Waals surface area contributed by atoms with E-state index in [0.717, 1.165) is 5.57 Å². The maximum absolute atomic E-state index is 9.10. The summed E-state index contributed by atoms with van der Waals surface area (Å²) in [6.45, 7) is 0. The Morgan fingerprint density at radius 1 is 1.44 bits per heavy atom. The summed E-state index contributed by atoms with van der Waals surface area (Å²) < 4.78 is 0. The first-order chi connectivity index (χ1) is 4.34. The normalized spacial score (nSPS) is 15.0. The number of aliphatic hydroxyl groups is 1. The van der Waals surface area contributed by atoms with Crippen LogP contribution in [0.4, 0.5) is 0 Å². The summed E-state index contributed by atoms with van der Waals surface area (Å²) in [6, 6.07) is 0. The van der Waals surface area contributed by atoms with Crippen LogP contribution in [-0.4, -0.2) is 11.4 Å². The SMILES string of the molecule is CSC(O)=C1C=CC=C1. The van der Waals surface area contributed by atoms with Crippen molar-refractivity contribution in [3.05, 3.63) is 35.0 Å². The van der Waals surface area contributed by atoms with Gasteiger partial charge >= 0.3 is 0 Å². The highest BCUT2D eigenvalue weighted by atomic mass is 32.2. The predicted octanol–water partition coefficient (Wildman–Crippen LogP) is 2.25. The first-order valence-corrected chi connectivity index (χ1v) is 3.89. The van der Waals surface area contributed by atoms with Crippen LogP contribution in [0.5, 0.6) is 0 Å². The minimum absolute atomic E-state index is 0.389. The Hall–Kier alpha value is -0.630. The molecule has 0 radical (unpaired) electrons. The van der Waals surface area contributed by atoms with Gasteiger partial charge in [0.05, 0.1) is 0 Å². The zero-order valence-corrected chi connectivity index (χ0v) is 5.98. The largest absolute Gasteiger partial charge is 0.502 e. The van der Waals surface area contributed by atoms with E-state index >= 15 is 0 Å². The number of aliphatic hydroxyl groups excluding tert-OH is 1. The molecule has 1 N–H and O–H groups in total. The molecule has 1 aliphatic carbocycles. The van der Waals surface area contributed by atoms with Crippen LogP contribution in [0.3, 0.4) is 0 Å². The van der Waals surface area contributed by atoms with E-state index in [-0.39, 0.29) is 0 Å². The molecule has 9 heavy (non-hydrogen) atoms. The summed E-state index contributed by atoms with van der Waals surface area (Å²) >= 11 is 1.35. The molecule has 0 aromatic carbocycles. The highest BCUT2D eigenvalue weighted by Crippen LogP contribution is 2.18. The number of hydrogen-bond acceptors (Lipinski definition) is 2. The van der Waals surface area contributed by atoms with Crippen molar-refractivity contribution < 1.29 is 5.11 Å². The van der Waals surface area contributed by atoms with Gasteiger partial charge in [0.15, 0.2) is 5.09 Å². The molecule has 0 fully saturated rings. The van der Waals surface area contributed by atoms with Crippen molar-refractivity contribution in [2.75, 3.05) is 6.26 Å². The lowest BCUT2D eigenvalue weighted by Gasteiger charge is -1.93. The van der Waals surface area contributed by atoms with Gasteiger partial charge in [0.25, 0.3) is 0 Å². The molecule has 0 saturated heterocycles. The van der Waals surface area contributed by atoms with E-state index in [1.165, 1.54) is 11.8 Å². The smallest absolute Gasteiger partial charge is 0.156 e. The van der Waals surface area contributed by atoms with Crippen molar-refractivity contribution in [3.63, 3.8) is 0 Å². The maximum Gasteiger partial charge on any atom is 0.156 e. The third kappa shape index (κ3) is 1.39. The molecule has 0 heterocycles. The zero-order chi connectivity index (χ0) is 6.69. The summed E-state index contributed by atoms with van der Waals surface area (Å²) in [5.74, 6) is 0. The Balaban J connectivity index is 2.81. The van der Waals surface area contributed by atoms with E-state index in [0.29, 0.717) is 5.09 Å². The standard InChI is InChI=1S/C7H8OS/c1-9-7(8)6-4-2-3-5-6/h2-5,8H,1H3. The molecule has 0 aromatic rings. The number of thioether (sulfide) groups is 1. The van der Waals surface area contributed by atoms with Gasteiger partial charge in [0.2, 0.25) is 0 Å². The number of rotatable bonds is 1. The van der Waals surface area contributed by atoms with E-state index in [1.807, 2.05) is 30.6 Å². The van der Waals surface area contributed by atoms with Gasteiger partial charge in [-0.3, -0.25) is 0 Å². The molecule has 0 atom stereocenters. The van der Waals surface area contributed by atoms with E-state index in [1.54, 1.807) is 0 Å². The maximum atomic E-state index is 9.10. The van der Waals surface area contributed by atoms with Crippen LogP contribution < -0.4 is 0 Å². The van der Waals surface area contributed by atoms with E-state index in [4.69, 9.17) is 5.11 Å². The predicted molar refractivity (Wildman–Crippen MR) is 41.4 cm³/mol. The molecule has 0 amide bonds. The van der Waals surface area contributed by atoms with Crippen LogP contribution in [0, 0.1) is 0 Å². The van der Waals surface area contributed by atoms with Crippen LogP contribution >= 0.6 is 11.8 Å². The summed E-state index contributed by atoms with van der Waals surface area (Å²) in [5.41, 5.74) is 0.905. The van der Waals surface area contributed by atoms with Gasteiger partial charge in [0.1, 0.15) is 0 Å². The summed E-state index contributed by atoms with van der Waals surface area (Å²) in [7, 11) is 0. The molecule has 0 saturated carbocycles. The fourth-order valence-electron chi connectivity index (χ4n) is 0.634. The average Bonchev–Trinajstić information content (AvgIpc) is 2.37. The highest BCUT2D eigenvalue weighted by Gasteiger charge is 1.98. The Labute approximate surface area is 58.8 Å². The average molecular weight is 140 g/mol. The van der Waals surface area contributed by atoms with Crippen molar-refractivity contribution in [3.8, 4) is 0 Å². The van der Waals surface area contributed by atoms with E-state index in [9.17, 15) is 0 Å². The summed E-state index contributed by atoms with van der Waals surface area (Å²) in [4.78, 5) is 0. The van der Waals surface area contributed by atoms with E-state index in [2.05, 4.69) is 0 Å². The Morgan fingerprint density at radius 2 is 2.00 bits per heavy atom. The van der Waals surface area contributed by atoms with Gasteiger partial charge in [-0.1, -0.05) is 36.1 Å². The van der Waals surface area contributed by atoms with Gasteiger partial charge in [-0.05, 0) is 6.26 Å². The lowest BCUT2D eigenvalue weighted by Crippen LogP contribution is -1.75. The van der Waals surface area contributed by atoms with Crippen molar-refractivity contribution in [1.29, 1.82) is 0 Å². The number of hydrogen-bond donors (Lipinski definition) is 1. The lowest BCUT2D eigenvalue weighted by atomic mass is 10.3. The second-order valence-corrected chi connectivity index (χ2v) is 2.48. The minimum atomic E-state index is 0.389. The minimum Gasteiger partial charge on any atom is -0.502 e. The van der Waals surface area contributed by atoms with Crippen LogP contribution in [0.2, 0.25) is 0 Å². The Kier molecular flexibility index (Phi) is 2.01. The molecule has 2 heteroatoms. The van der Waals surface area contributed by atoms with Crippen LogP contribution in [0.25, 0.3) is 0 Å². The molecular weight excluding hydrogens is 132 g/mol. The number of allylic oxidation sites excluding steroid dienone is 5. The molecule has 1 rings (SSSR count). The van der Waals surface area contributed by atoms with E-state index < -0.39 is 0 Å². The van der Waals surface area contributed by atoms with Crippen molar-refractivity contribution in [2.24, 2.45) is 0 Å². The Morgan fingerprint density at radius 3 is 2.44 bits per heavy atom. The molecule has 0 aliphatic heterocycles. The second kappa shape index (κ2) is 2.78. The molecule has 1 aliphatic rings. The quantitative estimate of drug-likeness (QED) is 0.564. The van der Waals surface area contributed by atoms with Crippen molar-refractivity contribution in [2.45, 2.75) is 0 Å². The first-order valence-electron chi connectivity index (χ1n) is 2.66. The third-order valence-electron chi connectivity index (χ3n) is 1.10. The monoisotopic (exact) mass is 140 g/mol. The van der Waals surface area contributed by atoms with Crippen molar-refractivity contribution in [1.82, 2.24) is 0 Å². The summed E-state index contributed by atoms with van der Waals surface area (Å²) in [6.07, 6.45) is 9.42. The third-order valence-corrected chi connectivity index (χ3v) is 1.73. The van der Waals surface area contributed by atoms with Gasteiger partial charge in [-0.15, -0.1) is 0 Å². The fraction of sp³-hybridized carbons (Fsp3) is 0.143. The fourth-order valence-corrected chi connectivity index (χ4v) is 1.01. The molecular formula is C7H8OS. The molecule has 0 bridgehead atoms. The molecule has 0 spiro atoms. The molecule has 0 aromatic heterocycles. The van der Waals surface area contributed by atoms with Gasteiger partial charge < -0.3 is 5.11 Å². The lowest BCUT2D eigenvalue weighted by molar-refractivity contribution is 0.454.